The van der Waals surface area contributed by atoms with Crippen LogP contribution in [0.2, 0.25) is 0 Å². The van der Waals surface area contributed by atoms with Crippen LogP contribution in [0.4, 0.5) is 9.39 Å². The van der Waals surface area contributed by atoms with Crippen LogP contribution in [0.15, 0.2) is 23.2 Å². The number of thiophene rings is 1. The average molecular weight is 658 g/mol. The van der Waals surface area contributed by atoms with Crippen molar-refractivity contribution in [2.45, 2.75) is 34.2 Å². The van der Waals surface area contributed by atoms with Crippen LogP contribution in [0.5, 0.6) is 0 Å². The Morgan fingerprint density at radius 2 is 1.60 bits per heavy atom. The van der Waals surface area contributed by atoms with Crippen LogP contribution in [-0.2, 0) is 45.0 Å². The molecule has 0 bridgehead atoms. The summed E-state index contributed by atoms with van der Waals surface area (Å²) >= 11 is 1.58. The summed E-state index contributed by atoms with van der Waals surface area (Å²) in [4.78, 5) is 66.2. The van der Waals surface area contributed by atoms with Crippen molar-refractivity contribution < 1.29 is 51.0 Å². The summed E-state index contributed by atoms with van der Waals surface area (Å²) < 4.78 is 55.9. The molecule has 3 rings (SSSR count). The van der Waals surface area contributed by atoms with Crippen molar-refractivity contribution in [1.82, 2.24) is 4.57 Å². The fourth-order valence-electron chi connectivity index (χ4n) is 3.80. The normalized spacial score (nSPS) is 11.8. The molecule has 0 aliphatic heterocycles. The van der Waals surface area contributed by atoms with Gasteiger partial charge in [0.05, 0.1) is 35.6 Å². The molecule has 0 atom stereocenters. The van der Waals surface area contributed by atoms with Crippen LogP contribution in [0, 0.1) is 12.7 Å². The lowest BCUT2D eigenvalue weighted by molar-refractivity contribution is -0.143. The van der Waals surface area contributed by atoms with Crippen LogP contribution in [0.3, 0.4) is 0 Å². The summed E-state index contributed by atoms with van der Waals surface area (Å²) in [6.07, 6.45) is 0. The minimum absolute atomic E-state index is 0.00473. The maximum atomic E-state index is 13.8. The van der Waals surface area contributed by atoms with Crippen molar-refractivity contribution in [1.29, 1.82) is 0 Å². The lowest BCUT2D eigenvalue weighted by Crippen LogP contribution is -2.29. The molecule has 0 saturated carbocycles. The fourth-order valence-corrected chi connectivity index (χ4v) is 6.99. The van der Waals surface area contributed by atoms with Gasteiger partial charge in [0, 0.05) is 0 Å². The molecule has 0 saturated heterocycles. The molecule has 232 valence electrons. The topological polar surface area (TPSA) is 176 Å². The quantitative estimate of drug-likeness (QED) is 0.225. The lowest BCUT2D eigenvalue weighted by atomic mass is 10.1. The molecule has 43 heavy (non-hydrogen) atoms. The molecular weight excluding hydrogens is 629 g/mol. The first kappa shape index (κ1) is 33.5. The number of anilines is 1. The molecular formula is C26H28FN3O10S3. The zero-order valence-corrected chi connectivity index (χ0v) is 26.0. The van der Waals surface area contributed by atoms with Gasteiger partial charge in [0.1, 0.15) is 33.7 Å². The van der Waals surface area contributed by atoms with Crippen molar-refractivity contribution in [2.24, 2.45) is 4.99 Å². The molecule has 0 radical (unpaired) electrons. The Balaban J connectivity index is 1.84. The van der Waals surface area contributed by atoms with Crippen molar-refractivity contribution >= 4 is 77.5 Å². The number of ether oxygens (including phenoxy) is 3. The van der Waals surface area contributed by atoms with E-state index in [1.54, 1.807) is 20.8 Å². The molecule has 1 aromatic carbocycles. The molecule has 0 spiro atoms. The van der Waals surface area contributed by atoms with Crippen LogP contribution < -0.4 is 10.1 Å². The predicted molar refractivity (Wildman–Crippen MR) is 155 cm³/mol. The molecule has 3 aromatic rings. The molecule has 0 fully saturated rings. The maximum absolute atomic E-state index is 13.8. The van der Waals surface area contributed by atoms with E-state index in [1.807, 2.05) is 0 Å². The zero-order valence-electron chi connectivity index (χ0n) is 23.6. The van der Waals surface area contributed by atoms with E-state index in [1.165, 1.54) is 23.6 Å². The Kier molecular flexibility index (Phi) is 11.3. The molecule has 2 amide bonds. The Labute approximate surface area is 253 Å². The predicted octanol–water partition coefficient (Wildman–Crippen LogP) is 2.61. The number of aromatic nitrogens is 1. The van der Waals surface area contributed by atoms with E-state index in [2.05, 4.69) is 10.3 Å². The van der Waals surface area contributed by atoms with Gasteiger partial charge in [0.25, 0.3) is 5.91 Å². The first-order chi connectivity index (χ1) is 20.3. The second kappa shape index (κ2) is 14.5. The third kappa shape index (κ3) is 8.55. The highest BCUT2D eigenvalue weighted by Crippen LogP contribution is 2.34. The molecule has 2 heterocycles. The van der Waals surface area contributed by atoms with E-state index in [4.69, 9.17) is 14.2 Å². The number of hydrogen-bond acceptors (Lipinski definition) is 12. The molecule has 2 aromatic heterocycles. The highest BCUT2D eigenvalue weighted by atomic mass is 32.2. The molecule has 0 unspecified atom stereocenters. The van der Waals surface area contributed by atoms with Crippen LogP contribution in [0.25, 0.3) is 10.2 Å². The Bertz CT molecular complexity index is 1760. The smallest absolute Gasteiger partial charge is 0.348 e. The largest absolute Gasteiger partial charge is 0.465 e. The summed E-state index contributed by atoms with van der Waals surface area (Å²) in [5.41, 5.74) is 0.437. The third-order valence-electron chi connectivity index (χ3n) is 5.49. The number of benzene rings is 1. The number of carbonyl (C=O) groups is 5. The van der Waals surface area contributed by atoms with Crippen molar-refractivity contribution in [3.63, 3.8) is 0 Å². The summed E-state index contributed by atoms with van der Waals surface area (Å²) in [6.45, 7) is 6.02. The van der Waals surface area contributed by atoms with E-state index in [0.29, 0.717) is 10.2 Å². The van der Waals surface area contributed by atoms with Gasteiger partial charge in [-0.2, -0.15) is 4.99 Å². The second-order valence-electron chi connectivity index (χ2n) is 8.68. The van der Waals surface area contributed by atoms with Gasteiger partial charge in [0.15, 0.2) is 14.6 Å². The number of amides is 2. The number of nitrogens with one attached hydrogen (secondary N) is 1. The van der Waals surface area contributed by atoms with Gasteiger partial charge in [-0.25, -0.2) is 22.4 Å². The van der Waals surface area contributed by atoms with Gasteiger partial charge in [-0.3, -0.25) is 14.4 Å². The number of nitrogens with zero attached hydrogens (tertiary/aromatic N) is 2. The second-order valence-corrected chi connectivity index (χ2v) is 12.8. The lowest BCUT2D eigenvalue weighted by Gasteiger charge is -2.07. The monoisotopic (exact) mass is 657 g/mol. The first-order valence-corrected chi connectivity index (χ1v) is 16.3. The average Bonchev–Trinajstić information content (AvgIpc) is 3.39. The highest BCUT2D eigenvalue weighted by molar-refractivity contribution is 7.92. The molecule has 13 nitrogen and oxygen atoms in total. The van der Waals surface area contributed by atoms with Crippen LogP contribution in [-0.4, -0.2) is 74.0 Å². The number of rotatable bonds is 12. The number of thiazole rings is 1. The summed E-state index contributed by atoms with van der Waals surface area (Å²) in [5, 5.41) is 2.20. The van der Waals surface area contributed by atoms with Crippen LogP contribution >= 0.6 is 22.7 Å². The van der Waals surface area contributed by atoms with Crippen molar-refractivity contribution in [3.05, 3.63) is 44.8 Å². The van der Waals surface area contributed by atoms with E-state index in [0.717, 1.165) is 28.7 Å². The minimum atomic E-state index is -4.39. The summed E-state index contributed by atoms with van der Waals surface area (Å²) in [6, 6.07) is 3.72. The fraction of sp³-hybridized carbons (Fsp3) is 0.385. The van der Waals surface area contributed by atoms with Gasteiger partial charge < -0.3 is 24.1 Å². The number of sulfone groups is 1. The van der Waals surface area contributed by atoms with Gasteiger partial charge in [-0.15, -0.1) is 11.3 Å². The Morgan fingerprint density at radius 1 is 0.953 bits per heavy atom. The number of esters is 3. The van der Waals surface area contributed by atoms with Gasteiger partial charge >= 0.3 is 17.9 Å². The third-order valence-corrected chi connectivity index (χ3v) is 9.11. The van der Waals surface area contributed by atoms with Crippen molar-refractivity contribution in [3.8, 4) is 0 Å². The standard InChI is InChI=1S/C26H28FN3O10S3/c1-5-38-20(33)11-30-16-9-8-15(27)10-17(16)41-26(30)29-19(32)13-43(36,37)12-18(31)28-23-21(24(34)39-6-2)14(4)22(42-23)25(35)40-7-3/h8-10H,5-7,11-13H2,1-4H3,(H,28,31). The Morgan fingerprint density at radius 3 is 2.26 bits per heavy atom. The van der Waals surface area contributed by atoms with Crippen molar-refractivity contribution in [2.75, 3.05) is 36.6 Å². The van der Waals surface area contributed by atoms with E-state index < -0.39 is 56.9 Å². The first-order valence-electron chi connectivity index (χ1n) is 12.8. The number of fused-ring (bicyclic) bond motifs is 1. The summed E-state index contributed by atoms with van der Waals surface area (Å²) in [7, 11) is -4.39. The number of halogens is 1. The molecule has 1 N–H and O–H groups in total. The minimum Gasteiger partial charge on any atom is -0.465 e. The van der Waals surface area contributed by atoms with Gasteiger partial charge in [0.2, 0.25) is 5.91 Å². The van der Waals surface area contributed by atoms with E-state index in [-0.39, 0.29) is 52.2 Å². The SMILES string of the molecule is CCOC(=O)Cn1c(=NC(=O)CS(=O)(=O)CC(=O)Nc2sc(C(=O)OCC)c(C)c2C(=O)OCC)sc2cc(F)ccc21. The van der Waals surface area contributed by atoms with E-state index in [9.17, 15) is 36.8 Å². The zero-order chi connectivity index (χ0) is 31.9. The maximum Gasteiger partial charge on any atom is 0.348 e. The van der Waals surface area contributed by atoms with E-state index >= 15 is 0 Å². The number of hydrogen-bond donors (Lipinski definition) is 1. The summed E-state index contributed by atoms with van der Waals surface area (Å²) in [5.74, 6) is -7.32. The molecule has 0 aliphatic rings. The van der Waals surface area contributed by atoms with Crippen LogP contribution in [0.1, 0.15) is 46.4 Å². The van der Waals surface area contributed by atoms with Gasteiger partial charge in [-0.05, 0) is 51.5 Å². The number of carbonyl (C=O) groups excluding carboxylic acids is 5. The molecule has 17 heteroatoms. The molecule has 0 aliphatic carbocycles. The van der Waals surface area contributed by atoms with Gasteiger partial charge in [-0.1, -0.05) is 11.3 Å². The Hall–Kier alpha value is -3.96. The highest BCUT2D eigenvalue weighted by Gasteiger charge is 2.29.